The molecule has 0 spiro atoms. The molecule has 0 radical (unpaired) electrons. The van der Waals surface area contributed by atoms with Gasteiger partial charge in [0.1, 0.15) is 12.4 Å². The van der Waals surface area contributed by atoms with Crippen molar-refractivity contribution in [2.24, 2.45) is 5.92 Å². The summed E-state index contributed by atoms with van der Waals surface area (Å²) in [6, 6.07) is 26.2. The van der Waals surface area contributed by atoms with Crippen LogP contribution in [0.5, 0.6) is 5.75 Å². The second-order valence-electron chi connectivity index (χ2n) is 8.70. The first-order chi connectivity index (χ1) is 14.7. The van der Waals surface area contributed by atoms with Crippen LogP contribution >= 0.6 is 0 Å². The first-order valence-corrected chi connectivity index (χ1v) is 11.2. The number of hydrogen-bond acceptors (Lipinski definition) is 1. The Bertz CT molecular complexity index is 949. The van der Waals surface area contributed by atoms with Crippen LogP contribution in [0, 0.1) is 19.8 Å². The van der Waals surface area contributed by atoms with Crippen molar-refractivity contribution < 1.29 is 4.74 Å². The van der Waals surface area contributed by atoms with Crippen LogP contribution in [0.4, 0.5) is 0 Å². The molecule has 0 saturated carbocycles. The van der Waals surface area contributed by atoms with Gasteiger partial charge in [0.2, 0.25) is 0 Å². The van der Waals surface area contributed by atoms with Gasteiger partial charge >= 0.3 is 0 Å². The summed E-state index contributed by atoms with van der Waals surface area (Å²) in [5.41, 5.74) is 6.69. The summed E-state index contributed by atoms with van der Waals surface area (Å²) >= 11 is 0. The standard InChI is InChI=1S/C29H32O/c1-22-3-7-24(8-4-22)9-10-25-11-15-27(16-12-25)28-17-13-26(14-18-28)21-30-29-19-5-23(2)6-20-29/h3-8,11,13-15,17-20,25,27H,9-10,12,16,21H2,1-2H3. The molecule has 4 rings (SSSR count). The highest BCUT2D eigenvalue weighted by molar-refractivity contribution is 5.30. The van der Waals surface area contributed by atoms with Gasteiger partial charge in [0.15, 0.2) is 0 Å². The van der Waals surface area contributed by atoms with Crippen molar-refractivity contribution in [2.75, 3.05) is 0 Å². The van der Waals surface area contributed by atoms with Crippen LogP contribution < -0.4 is 4.74 Å². The Kier molecular flexibility index (Phi) is 6.69. The van der Waals surface area contributed by atoms with E-state index in [-0.39, 0.29) is 0 Å². The van der Waals surface area contributed by atoms with E-state index in [0.29, 0.717) is 18.4 Å². The molecule has 0 fully saturated rings. The van der Waals surface area contributed by atoms with Gasteiger partial charge in [-0.05, 0) is 74.3 Å². The average Bonchev–Trinajstić information content (AvgIpc) is 2.79. The maximum atomic E-state index is 5.90. The minimum atomic E-state index is 0.549. The Morgan fingerprint density at radius 2 is 1.33 bits per heavy atom. The lowest BCUT2D eigenvalue weighted by Gasteiger charge is -2.23. The average molecular weight is 397 g/mol. The van der Waals surface area contributed by atoms with Crippen molar-refractivity contribution in [3.8, 4) is 5.75 Å². The molecule has 0 saturated heterocycles. The highest BCUT2D eigenvalue weighted by Gasteiger charge is 2.17. The fourth-order valence-electron chi connectivity index (χ4n) is 4.16. The number of aryl methyl sites for hydroxylation is 3. The number of hydrogen-bond donors (Lipinski definition) is 0. The normalized spacial score (nSPS) is 18.3. The number of rotatable bonds is 7. The molecule has 0 aliphatic heterocycles. The van der Waals surface area contributed by atoms with Gasteiger partial charge in [-0.3, -0.25) is 0 Å². The van der Waals surface area contributed by atoms with E-state index in [2.05, 4.69) is 86.7 Å². The summed E-state index contributed by atoms with van der Waals surface area (Å²) in [4.78, 5) is 0. The molecule has 1 aliphatic rings. The van der Waals surface area contributed by atoms with E-state index in [9.17, 15) is 0 Å². The third-order valence-electron chi connectivity index (χ3n) is 6.22. The lowest BCUT2D eigenvalue weighted by molar-refractivity contribution is 0.306. The maximum absolute atomic E-state index is 5.90. The second kappa shape index (κ2) is 9.80. The third kappa shape index (κ3) is 5.63. The first-order valence-electron chi connectivity index (χ1n) is 11.2. The summed E-state index contributed by atoms with van der Waals surface area (Å²) in [5.74, 6) is 2.19. The fraction of sp³-hybridized carbons (Fsp3) is 0.310. The molecule has 0 amide bonds. The van der Waals surface area contributed by atoms with E-state index in [1.807, 2.05) is 12.1 Å². The summed E-state index contributed by atoms with van der Waals surface area (Å²) in [6.45, 7) is 4.86. The van der Waals surface area contributed by atoms with E-state index >= 15 is 0 Å². The second-order valence-corrected chi connectivity index (χ2v) is 8.70. The molecule has 2 unspecified atom stereocenters. The van der Waals surface area contributed by atoms with Gasteiger partial charge in [0.25, 0.3) is 0 Å². The van der Waals surface area contributed by atoms with E-state index in [1.54, 1.807) is 0 Å². The molecular weight excluding hydrogens is 364 g/mol. The molecule has 0 N–H and O–H groups in total. The quantitative estimate of drug-likeness (QED) is 0.374. The van der Waals surface area contributed by atoms with E-state index < -0.39 is 0 Å². The number of allylic oxidation sites excluding steroid dienone is 2. The van der Waals surface area contributed by atoms with Crippen LogP contribution in [0.1, 0.15) is 53.0 Å². The number of benzene rings is 3. The number of ether oxygens (including phenoxy) is 1. The van der Waals surface area contributed by atoms with Gasteiger partial charge in [-0.2, -0.15) is 0 Å². The predicted molar refractivity (Wildman–Crippen MR) is 126 cm³/mol. The smallest absolute Gasteiger partial charge is 0.119 e. The van der Waals surface area contributed by atoms with Gasteiger partial charge < -0.3 is 4.74 Å². The molecule has 1 heteroatoms. The zero-order valence-corrected chi connectivity index (χ0v) is 18.2. The van der Waals surface area contributed by atoms with Crippen molar-refractivity contribution in [2.45, 2.75) is 52.1 Å². The van der Waals surface area contributed by atoms with Gasteiger partial charge in [0, 0.05) is 5.92 Å². The van der Waals surface area contributed by atoms with Gasteiger partial charge in [-0.1, -0.05) is 83.9 Å². The summed E-state index contributed by atoms with van der Waals surface area (Å²) in [5, 5.41) is 0. The van der Waals surface area contributed by atoms with Crippen molar-refractivity contribution in [1.29, 1.82) is 0 Å². The fourth-order valence-corrected chi connectivity index (χ4v) is 4.16. The highest BCUT2D eigenvalue weighted by atomic mass is 16.5. The third-order valence-corrected chi connectivity index (χ3v) is 6.22. The van der Waals surface area contributed by atoms with Crippen molar-refractivity contribution >= 4 is 0 Å². The summed E-state index contributed by atoms with van der Waals surface area (Å²) in [7, 11) is 0. The Hall–Kier alpha value is -2.80. The predicted octanol–water partition coefficient (Wildman–Crippen LogP) is 7.57. The Morgan fingerprint density at radius 3 is 1.97 bits per heavy atom. The monoisotopic (exact) mass is 396 g/mol. The van der Waals surface area contributed by atoms with Gasteiger partial charge in [0.05, 0.1) is 0 Å². The highest BCUT2D eigenvalue weighted by Crippen LogP contribution is 2.32. The van der Waals surface area contributed by atoms with Crippen LogP contribution in [0.15, 0.2) is 84.9 Å². The molecule has 1 aliphatic carbocycles. The van der Waals surface area contributed by atoms with Gasteiger partial charge in [-0.15, -0.1) is 0 Å². The molecule has 3 aromatic carbocycles. The molecular formula is C29H32O. The minimum Gasteiger partial charge on any atom is -0.489 e. The van der Waals surface area contributed by atoms with Crippen molar-refractivity contribution in [3.63, 3.8) is 0 Å². The lowest BCUT2D eigenvalue weighted by atomic mass is 9.82. The van der Waals surface area contributed by atoms with Crippen LogP contribution in [0.2, 0.25) is 0 Å². The van der Waals surface area contributed by atoms with E-state index in [0.717, 1.165) is 5.75 Å². The van der Waals surface area contributed by atoms with Crippen LogP contribution in [0.3, 0.4) is 0 Å². The van der Waals surface area contributed by atoms with E-state index in [4.69, 9.17) is 4.74 Å². The molecule has 0 bridgehead atoms. The van der Waals surface area contributed by atoms with Crippen LogP contribution in [-0.4, -0.2) is 0 Å². The molecule has 3 aromatic rings. The van der Waals surface area contributed by atoms with E-state index in [1.165, 1.54) is 53.5 Å². The Labute approximate surface area is 181 Å². The summed E-state index contributed by atoms with van der Waals surface area (Å²) in [6.07, 6.45) is 9.84. The first kappa shape index (κ1) is 20.5. The minimum absolute atomic E-state index is 0.549. The molecule has 2 atom stereocenters. The Balaban J connectivity index is 1.26. The maximum Gasteiger partial charge on any atom is 0.119 e. The zero-order chi connectivity index (χ0) is 20.8. The zero-order valence-electron chi connectivity index (χ0n) is 18.2. The van der Waals surface area contributed by atoms with Crippen molar-refractivity contribution in [3.05, 3.63) is 113 Å². The molecule has 1 nitrogen and oxygen atoms in total. The Morgan fingerprint density at radius 1 is 0.700 bits per heavy atom. The molecule has 30 heavy (non-hydrogen) atoms. The van der Waals surface area contributed by atoms with Crippen molar-refractivity contribution in [1.82, 2.24) is 0 Å². The largest absolute Gasteiger partial charge is 0.489 e. The molecule has 154 valence electrons. The molecule has 0 heterocycles. The van der Waals surface area contributed by atoms with Crippen LogP contribution in [-0.2, 0) is 13.0 Å². The summed E-state index contributed by atoms with van der Waals surface area (Å²) < 4.78 is 5.90. The topological polar surface area (TPSA) is 9.23 Å². The van der Waals surface area contributed by atoms with Gasteiger partial charge in [-0.25, -0.2) is 0 Å². The van der Waals surface area contributed by atoms with Crippen LogP contribution in [0.25, 0.3) is 0 Å². The lowest BCUT2D eigenvalue weighted by Crippen LogP contribution is -2.09. The SMILES string of the molecule is Cc1ccc(CCC2C=CC(c3ccc(COc4ccc(C)cc4)cc3)CC2)cc1. The molecule has 0 aromatic heterocycles.